The molecular weight excluding hydrogens is 248 g/mol. The van der Waals surface area contributed by atoms with Crippen molar-refractivity contribution in [3.63, 3.8) is 0 Å². The van der Waals surface area contributed by atoms with Crippen LogP contribution in [0.4, 0.5) is 0 Å². The molecule has 0 amide bonds. The number of carbonyl (C=O) groups excluding carboxylic acids is 1. The van der Waals surface area contributed by atoms with Crippen LogP contribution in [0.15, 0.2) is 23.1 Å². The number of rotatable bonds is 4. The Kier molecular flexibility index (Phi) is 5.23. The summed E-state index contributed by atoms with van der Waals surface area (Å²) in [6.07, 6.45) is 0. The van der Waals surface area contributed by atoms with Gasteiger partial charge in [0.15, 0.2) is 0 Å². The second kappa shape index (κ2) is 6.25. The molecule has 0 aromatic heterocycles. The van der Waals surface area contributed by atoms with Crippen LogP contribution in [-0.4, -0.2) is 24.8 Å². The first-order chi connectivity index (χ1) is 8.29. The summed E-state index contributed by atoms with van der Waals surface area (Å²) < 4.78 is 10.6. The van der Waals surface area contributed by atoms with Crippen molar-refractivity contribution in [2.45, 2.75) is 38.2 Å². The van der Waals surface area contributed by atoms with Crippen LogP contribution < -0.4 is 0 Å². The molecular formula is C14H20O3S. The van der Waals surface area contributed by atoms with E-state index in [1.54, 1.807) is 6.07 Å². The summed E-state index contributed by atoms with van der Waals surface area (Å²) in [5, 5.41) is 0. The van der Waals surface area contributed by atoms with Crippen LogP contribution in [0.25, 0.3) is 0 Å². The van der Waals surface area contributed by atoms with Crippen molar-refractivity contribution in [2.24, 2.45) is 0 Å². The van der Waals surface area contributed by atoms with Gasteiger partial charge in [-0.2, -0.15) is 0 Å². The predicted octanol–water partition coefficient (Wildman–Crippen LogP) is 3.26. The van der Waals surface area contributed by atoms with Crippen LogP contribution in [0.3, 0.4) is 0 Å². The number of hydrogen-bond donors (Lipinski definition) is 1. The summed E-state index contributed by atoms with van der Waals surface area (Å²) >= 11 is 4.21. The zero-order valence-corrected chi connectivity index (χ0v) is 12.2. The topological polar surface area (TPSA) is 35.5 Å². The van der Waals surface area contributed by atoms with Gasteiger partial charge in [0, 0.05) is 4.90 Å². The first-order valence-electron chi connectivity index (χ1n) is 5.90. The highest BCUT2D eigenvalue weighted by Crippen LogP contribution is 2.15. The Morgan fingerprint density at radius 1 is 1.28 bits per heavy atom. The zero-order valence-electron chi connectivity index (χ0n) is 11.3. The van der Waals surface area contributed by atoms with Gasteiger partial charge in [0.05, 0.1) is 17.8 Å². The first kappa shape index (κ1) is 15.1. The van der Waals surface area contributed by atoms with Gasteiger partial charge in [-0.1, -0.05) is 6.07 Å². The smallest absolute Gasteiger partial charge is 0.338 e. The molecule has 3 nitrogen and oxygen atoms in total. The van der Waals surface area contributed by atoms with Gasteiger partial charge in [0.25, 0.3) is 0 Å². The molecule has 0 heterocycles. The highest BCUT2D eigenvalue weighted by atomic mass is 32.1. The molecule has 0 aliphatic carbocycles. The molecule has 0 fully saturated rings. The minimum atomic E-state index is -0.332. The van der Waals surface area contributed by atoms with E-state index in [0.717, 1.165) is 10.5 Å². The van der Waals surface area contributed by atoms with Gasteiger partial charge in [-0.15, -0.1) is 12.6 Å². The Balaban J connectivity index is 2.48. The van der Waals surface area contributed by atoms with Gasteiger partial charge in [-0.25, -0.2) is 4.79 Å². The van der Waals surface area contributed by atoms with E-state index in [-0.39, 0.29) is 18.2 Å². The molecule has 0 atom stereocenters. The quantitative estimate of drug-likeness (QED) is 0.517. The molecule has 1 rings (SSSR count). The molecule has 4 heteroatoms. The Bertz CT molecular complexity index is 422. The average molecular weight is 268 g/mol. The number of ether oxygens (including phenoxy) is 2. The van der Waals surface area contributed by atoms with Crippen molar-refractivity contribution in [1.29, 1.82) is 0 Å². The van der Waals surface area contributed by atoms with Gasteiger partial charge in [-0.3, -0.25) is 0 Å². The maximum absolute atomic E-state index is 11.8. The normalized spacial score (nSPS) is 11.4. The van der Waals surface area contributed by atoms with Crippen molar-refractivity contribution in [1.82, 2.24) is 0 Å². The second-order valence-electron chi connectivity index (χ2n) is 5.10. The Morgan fingerprint density at radius 3 is 2.56 bits per heavy atom. The molecule has 0 N–H and O–H groups in total. The Morgan fingerprint density at radius 2 is 1.94 bits per heavy atom. The lowest BCUT2D eigenvalue weighted by Gasteiger charge is -2.19. The zero-order chi connectivity index (χ0) is 13.8. The van der Waals surface area contributed by atoms with Crippen molar-refractivity contribution in [2.75, 3.05) is 13.2 Å². The average Bonchev–Trinajstić information content (AvgIpc) is 2.26. The summed E-state index contributed by atoms with van der Waals surface area (Å²) in [6, 6.07) is 5.41. The molecule has 18 heavy (non-hydrogen) atoms. The molecule has 0 saturated heterocycles. The largest absolute Gasteiger partial charge is 0.460 e. The van der Waals surface area contributed by atoms with Crippen LogP contribution in [0, 0.1) is 6.92 Å². The highest BCUT2D eigenvalue weighted by molar-refractivity contribution is 7.80. The van der Waals surface area contributed by atoms with E-state index in [4.69, 9.17) is 9.47 Å². The van der Waals surface area contributed by atoms with E-state index in [0.29, 0.717) is 12.2 Å². The van der Waals surface area contributed by atoms with E-state index >= 15 is 0 Å². The fourth-order valence-electron chi connectivity index (χ4n) is 1.39. The third-order valence-electron chi connectivity index (χ3n) is 2.29. The van der Waals surface area contributed by atoms with E-state index in [2.05, 4.69) is 12.6 Å². The molecule has 1 aromatic carbocycles. The highest BCUT2D eigenvalue weighted by Gasteiger charge is 2.13. The van der Waals surface area contributed by atoms with Crippen LogP contribution >= 0.6 is 12.6 Å². The van der Waals surface area contributed by atoms with E-state index in [1.165, 1.54) is 0 Å². The lowest BCUT2D eigenvalue weighted by Crippen LogP contribution is -2.22. The number of benzene rings is 1. The first-order valence-corrected chi connectivity index (χ1v) is 6.35. The number of esters is 1. The van der Waals surface area contributed by atoms with Gasteiger partial charge in [0.1, 0.15) is 6.61 Å². The molecule has 0 aliphatic rings. The number of aryl methyl sites for hydroxylation is 1. The van der Waals surface area contributed by atoms with Crippen molar-refractivity contribution < 1.29 is 14.3 Å². The van der Waals surface area contributed by atoms with Gasteiger partial charge in [-0.05, 0) is 45.4 Å². The number of carbonyl (C=O) groups is 1. The molecule has 100 valence electrons. The fourth-order valence-corrected chi connectivity index (χ4v) is 1.59. The number of thiol groups is 1. The van der Waals surface area contributed by atoms with Gasteiger partial charge in [0.2, 0.25) is 0 Å². The molecule has 0 spiro atoms. The lowest BCUT2D eigenvalue weighted by molar-refractivity contribution is -0.0281. The summed E-state index contributed by atoms with van der Waals surface area (Å²) in [7, 11) is 0. The minimum absolute atomic E-state index is 0.215. The summed E-state index contributed by atoms with van der Waals surface area (Å²) in [5.41, 5.74) is 1.22. The second-order valence-corrected chi connectivity index (χ2v) is 5.61. The molecule has 1 aromatic rings. The van der Waals surface area contributed by atoms with Crippen molar-refractivity contribution >= 4 is 18.6 Å². The molecule has 0 bridgehead atoms. The van der Waals surface area contributed by atoms with Crippen LogP contribution in [0.2, 0.25) is 0 Å². The van der Waals surface area contributed by atoms with Gasteiger partial charge < -0.3 is 9.47 Å². The third-order valence-corrected chi connectivity index (χ3v) is 2.57. The van der Waals surface area contributed by atoms with Crippen LogP contribution in [0.5, 0.6) is 0 Å². The summed E-state index contributed by atoms with van der Waals surface area (Å²) in [4.78, 5) is 12.6. The van der Waals surface area contributed by atoms with E-state index in [1.807, 2.05) is 39.8 Å². The van der Waals surface area contributed by atoms with Crippen molar-refractivity contribution in [3.8, 4) is 0 Å². The summed E-state index contributed by atoms with van der Waals surface area (Å²) in [6.45, 7) is 8.41. The predicted molar refractivity (Wildman–Crippen MR) is 74.4 cm³/mol. The molecule has 0 aliphatic heterocycles. The van der Waals surface area contributed by atoms with E-state index in [9.17, 15) is 4.79 Å². The maximum Gasteiger partial charge on any atom is 0.338 e. The minimum Gasteiger partial charge on any atom is -0.460 e. The summed E-state index contributed by atoms with van der Waals surface area (Å²) in [5.74, 6) is -0.332. The molecule has 0 unspecified atom stereocenters. The Hall–Kier alpha value is -1.00. The maximum atomic E-state index is 11.8. The SMILES string of the molecule is Cc1ccc(S)cc1C(=O)OCCOC(C)(C)C. The standard InChI is InChI=1S/C14H20O3S/c1-10-5-6-11(18)9-12(10)13(15)16-7-8-17-14(2,3)4/h5-6,9,18H,7-8H2,1-4H3. The lowest BCUT2D eigenvalue weighted by atomic mass is 10.1. The third kappa shape index (κ3) is 5.10. The molecule has 0 radical (unpaired) electrons. The van der Waals surface area contributed by atoms with Crippen molar-refractivity contribution in [3.05, 3.63) is 29.3 Å². The van der Waals surface area contributed by atoms with Gasteiger partial charge >= 0.3 is 5.97 Å². The van der Waals surface area contributed by atoms with E-state index < -0.39 is 0 Å². The monoisotopic (exact) mass is 268 g/mol. The number of hydrogen-bond acceptors (Lipinski definition) is 4. The van der Waals surface area contributed by atoms with Crippen LogP contribution in [0.1, 0.15) is 36.7 Å². The van der Waals surface area contributed by atoms with Crippen LogP contribution in [-0.2, 0) is 9.47 Å². The fraction of sp³-hybridized carbons (Fsp3) is 0.500. The Labute approximate surface area is 114 Å². The molecule has 0 saturated carbocycles.